The molecule has 0 unspecified atom stereocenters. The molecule has 1 aromatic heterocycles. The van der Waals surface area contributed by atoms with E-state index in [2.05, 4.69) is 15.1 Å². The second-order valence-electron chi connectivity index (χ2n) is 8.41. The minimum absolute atomic E-state index is 0.0710. The number of nitrogens with zero attached hydrogens (tertiary/aromatic N) is 3. The second kappa shape index (κ2) is 11.4. The first kappa shape index (κ1) is 27.6. The molecule has 0 bridgehead atoms. The number of aromatic nitrogens is 2. The summed E-state index contributed by atoms with van der Waals surface area (Å²) in [5, 5.41) is 18.6. The van der Waals surface area contributed by atoms with E-state index in [9.17, 15) is 23.3 Å². The predicted octanol–water partition coefficient (Wildman–Crippen LogP) is 3.72. The minimum Gasteiger partial charge on any atom is -0.497 e. The van der Waals surface area contributed by atoms with E-state index in [0.717, 1.165) is 18.6 Å². The molecule has 2 N–H and O–H groups in total. The lowest BCUT2D eigenvalue weighted by molar-refractivity contribution is -0.385. The number of carbonyl (C=O) groups is 1. The SMILES string of the molecule is CCCNC(=O)c1nn(-c2ccc(OC)cc2)c(Oc2ccc([N+](=O)[O-])cc2S(=O)(=O)NC(C)C)c1C. The molecule has 1 amide bonds. The number of sulfonamides is 1. The van der Waals surface area contributed by atoms with Crippen LogP contribution in [-0.4, -0.2) is 48.7 Å². The molecule has 1 heterocycles. The topological polar surface area (TPSA) is 155 Å². The van der Waals surface area contributed by atoms with E-state index in [-0.39, 0.29) is 17.3 Å². The Balaban J connectivity index is 2.19. The summed E-state index contributed by atoms with van der Waals surface area (Å²) in [6.07, 6.45) is 0.722. The number of hydrogen-bond donors (Lipinski definition) is 2. The number of amides is 1. The molecule has 37 heavy (non-hydrogen) atoms. The molecule has 0 spiro atoms. The molecule has 12 nitrogen and oxygen atoms in total. The number of ether oxygens (including phenoxy) is 2. The number of methoxy groups -OCH3 is 1. The van der Waals surface area contributed by atoms with Gasteiger partial charge < -0.3 is 14.8 Å². The van der Waals surface area contributed by atoms with E-state index in [4.69, 9.17) is 9.47 Å². The Bertz CT molecular complexity index is 1400. The van der Waals surface area contributed by atoms with Gasteiger partial charge in [-0.1, -0.05) is 6.92 Å². The molecular weight excluding hydrogens is 502 g/mol. The van der Waals surface area contributed by atoms with Crippen molar-refractivity contribution in [3.8, 4) is 23.1 Å². The van der Waals surface area contributed by atoms with Gasteiger partial charge in [0.1, 0.15) is 16.4 Å². The first-order chi connectivity index (χ1) is 17.5. The Morgan fingerprint density at radius 1 is 1.19 bits per heavy atom. The molecule has 198 valence electrons. The first-order valence-electron chi connectivity index (χ1n) is 11.5. The highest BCUT2D eigenvalue weighted by Crippen LogP contribution is 2.36. The van der Waals surface area contributed by atoms with Gasteiger partial charge in [-0.3, -0.25) is 14.9 Å². The lowest BCUT2D eigenvalue weighted by Crippen LogP contribution is -2.30. The Labute approximate surface area is 214 Å². The van der Waals surface area contributed by atoms with E-state index in [1.807, 2.05) is 6.92 Å². The number of nitrogens with one attached hydrogen (secondary N) is 2. The fourth-order valence-corrected chi connectivity index (χ4v) is 4.82. The number of carbonyl (C=O) groups excluding carboxylic acids is 1. The van der Waals surface area contributed by atoms with Crippen LogP contribution in [0, 0.1) is 17.0 Å². The van der Waals surface area contributed by atoms with Gasteiger partial charge in [-0.2, -0.15) is 9.78 Å². The van der Waals surface area contributed by atoms with Gasteiger partial charge in [0.2, 0.25) is 15.9 Å². The molecule has 0 saturated heterocycles. The van der Waals surface area contributed by atoms with Crippen LogP contribution in [0.1, 0.15) is 43.2 Å². The van der Waals surface area contributed by atoms with Crippen LogP contribution in [0.2, 0.25) is 0 Å². The van der Waals surface area contributed by atoms with Gasteiger partial charge >= 0.3 is 0 Å². The van der Waals surface area contributed by atoms with Crippen LogP contribution in [0.4, 0.5) is 5.69 Å². The molecule has 0 radical (unpaired) electrons. The maximum atomic E-state index is 13.1. The maximum Gasteiger partial charge on any atom is 0.272 e. The number of nitro groups is 1. The fraction of sp³-hybridized carbons (Fsp3) is 0.333. The summed E-state index contributed by atoms with van der Waals surface area (Å²) in [5.74, 6) is 0.0766. The van der Waals surface area contributed by atoms with Crippen molar-refractivity contribution in [3.05, 3.63) is 63.8 Å². The van der Waals surface area contributed by atoms with E-state index < -0.39 is 37.5 Å². The molecule has 0 aliphatic carbocycles. The molecule has 0 aliphatic rings. The van der Waals surface area contributed by atoms with Gasteiger partial charge in [-0.25, -0.2) is 13.1 Å². The number of rotatable bonds is 11. The van der Waals surface area contributed by atoms with Crippen molar-refractivity contribution in [2.24, 2.45) is 0 Å². The highest BCUT2D eigenvalue weighted by atomic mass is 32.2. The zero-order valence-electron chi connectivity index (χ0n) is 21.1. The van der Waals surface area contributed by atoms with Gasteiger partial charge in [0.05, 0.1) is 17.7 Å². The molecular formula is C24H29N5O7S. The minimum atomic E-state index is -4.19. The van der Waals surface area contributed by atoms with Crippen LogP contribution in [0.15, 0.2) is 47.4 Å². The summed E-state index contributed by atoms with van der Waals surface area (Å²) in [6.45, 7) is 7.23. The van der Waals surface area contributed by atoms with Crippen LogP contribution >= 0.6 is 0 Å². The van der Waals surface area contributed by atoms with Crippen LogP contribution in [0.5, 0.6) is 17.4 Å². The highest BCUT2D eigenvalue weighted by molar-refractivity contribution is 7.89. The molecule has 3 rings (SSSR count). The van der Waals surface area contributed by atoms with E-state index in [0.29, 0.717) is 23.5 Å². The van der Waals surface area contributed by atoms with Gasteiger partial charge in [0.15, 0.2) is 5.69 Å². The smallest absolute Gasteiger partial charge is 0.272 e. The number of non-ortho nitro benzene ring substituents is 1. The van der Waals surface area contributed by atoms with Crippen molar-refractivity contribution in [1.82, 2.24) is 19.8 Å². The van der Waals surface area contributed by atoms with Crippen molar-refractivity contribution in [2.45, 2.75) is 45.1 Å². The molecule has 0 fully saturated rings. The van der Waals surface area contributed by atoms with E-state index >= 15 is 0 Å². The highest BCUT2D eigenvalue weighted by Gasteiger charge is 2.28. The lowest BCUT2D eigenvalue weighted by atomic mass is 10.2. The van der Waals surface area contributed by atoms with Crippen molar-refractivity contribution >= 4 is 21.6 Å². The third-order valence-electron chi connectivity index (χ3n) is 5.16. The van der Waals surface area contributed by atoms with Crippen LogP contribution in [-0.2, 0) is 10.0 Å². The Kier molecular flexibility index (Phi) is 8.50. The summed E-state index contributed by atoms with van der Waals surface area (Å²) in [7, 11) is -2.66. The van der Waals surface area contributed by atoms with Crippen LogP contribution in [0.25, 0.3) is 5.69 Å². The van der Waals surface area contributed by atoms with Crippen molar-refractivity contribution in [3.63, 3.8) is 0 Å². The van der Waals surface area contributed by atoms with Crippen molar-refractivity contribution in [1.29, 1.82) is 0 Å². The lowest BCUT2D eigenvalue weighted by Gasteiger charge is -2.15. The normalized spacial score (nSPS) is 11.4. The molecule has 13 heteroatoms. The number of nitro benzene ring substituents is 1. The van der Waals surface area contributed by atoms with Crippen molar-refractivity contribution in [2.75, 3.05) is 13.7 Å². The Hall–Kier alpha value is -3.97. The molecule has 0 aliphatic heterocycles. The number of benzene rings is 2. The summed E-state index contributed by atoms with van der Waals surface area (Å²) in [5.41, 5.74) is 0.533. The third-order valence-corrected chi connectivity index (χ3v) is 6.84. The quantitative estimate of drug-likeness (QED) is 0.280. The predicted molar refractivity (Wildman–Crippen MR) is 136 cm³/mol. The van der Waals surface area contributed by atoms with Gasteiger partial charge in [0.25, 0.3) is 11.6 Å². The summed E-state index contributed by atoms with van der Waals surface area (Å²) < 4.78 is 41.2. The second-order valence-corrected chi connectivity index (χ2v) is 10.1. The average molecular weight is 532 g/mol. The zero-order chi connectivity index (χ0) is 27.3. The number of hydrogen-bond acceptors (Lipinski definition) is 8. The van der Waals surface area contributed by atoms with Crippen LogP contribution < -0.4 is 19.5 Å². The molecule has 3 aromatic rings. The average Bonchev–Trinajstić information content (AvgIpc) is 3.17. The summed E-state index contributed by atoms with van der Waals surface area (Å²) in [6, 6.07) is 9.58. The summed E-state index contributed by atoms with van der Waals surface area (Å²) >= 11 is 0. The Morgan fingerprint density at radius 3 is 2.43 bits per heavy atom. The van der Waals surface area contributed by atoms with E-state index in [1.54, 1.807) is 45.0 Å². The van der Waals surface area contributed by atoms with Gasteiger partial charge in [0, 0.05) is 30.3 Å². The zero-order valence-corrected chi connectivity index (χ0v) is 22.0. The molecule has 2 aromatic carbocycles. The monoisotopic (exact) mass is 531 g/mol. The largest absolute Gasteiger partial charge is 0.497 e. The molecule has 0 saturated carbocycles. The molecule has 0 atom stereocenters. The van der Waals surface area contributed by atoms with Gasteiger partial charge in [-0.05, 0) is 57.5 Å². The maximum absolute atomic E-state index is 13.1. The van der Waals surface area contributed by atoms with Gasteiger partial charge in [-0.15, -0.1) is 0 Å². The van der Waals surface area contributed by atoms with Crippen LogP contribution in [0.3, 0.4) is 0 Å². The fourth-order valence-electron chi connectivity index (χ4n) is 3.42. The Morgan fingerprint density at radius 2 is 1.86 bits per heavy atom. The van der Waals surface area contributed by atoms with Crippen molar-refractivity contribution < 1.29 is 27.6 Å². The standard InChI is InChI=1S/C24H29N5O7S/c1-6-13-25-23(30)22-16(4)24(28(26-22)17-7-10-19(35-5)11-8-17)36-20-12-9-18(29(31)32)14-21(20)37(33,34)27-15(2)3/h7-12,14-15,27H,6,13H2,1-5H3,(H,25,30). The third kappa shape index (κ3) is 6.24. The van der Waals surface area contributed by atoms with E-state index in [1.165, 1.54) is 17.9 Å². The first-order valence-corrected chi connectivity index (χ1v) is 13.0. The summed E-state index contributed by atoms with van der Waals surface area (Å²) in [4.78, 5) is 23.0.